The molecule has 0 spiro atoms. The summed E-state index contributed by atoms with van der Waals surface area (Å²) >= 11 is 5.91. The van der Waals surface area contributed by atoms with Gasteiger partial charge in [-0.2, -0.15) is 0 Å². The fourth-order valence-electron chi connectivity index (χ4n) is 2.18. The molecule has 26 heavy (non-hydrogen) atoms. The second kappa shape index (κ2) is 7.45. The van der Waals surface area contributed by atoms with Gasteiger partial charge < -0.3 is 10.6 Å². The van der Waals surface area contributed by atoms with Gasteiger partial charge in [0.05, 0.1) is 11.3 Å². The first-order valence-electron chi connectivity index (χ1n) is 7.54. The van der Waals surface area contributed by atoms with Crippen molar-refractivity contribution in [1.82, 2.24) is 9.97 Å². The maximum absolute atomic E-state index is 13.6. The number of anilines is 3. The van der Waals surface area contributed by atoms with E-state index >= 15 is 0 Å². The molecule has 0 aliphatic heterocycles. The van der Waals surface area contributed by atoms with Gasteiger partial charge in [0, 0.05) is 29.2 Å². The van der Waals surface area contributed by atoms with Crippen molar-refractivity contribution in [2.75, 3.05) is 10.6 Å². The zero-order valence-corrected chi connectivity index (χ0v) is 14.3. The molecule has 0 aliphatic carbocycles. The van der Waals surface area contributed by atoms with Crippen molar-refractivity contribution in [3.05, 3.63) is 76.6 Å². The Morgan fingerprint density at radius 1 is 1.04 bits per heavy atom. The van der Waals surface area contributed by atoms with E-state index in [2.05, 4.69) is 20.6 Å². The Balaban J connectivity index is 1.71. The molecule has 2 N–H and O–H groups in total. The Morgan fingerprint density at radius 2 is 1.73 bits per heavy atom. The molecule has 1 aromatic heterocycles. The van der Waals surface area contributed by atoms with Crippen molar-refractivity contribution in [3.63, 3.8) is 0 Å². The van der Waals surface area contributed by atoms with Crippen LogP contribution in [0.2, 0.25) is 5.02 Å². The summed E-state index contributed by atoms with van der Waals surface area (Å²) in [6.07, 6.45) is 2.61. The van der Waals surface area contributed by atoms with Crippen LogP contribution in [0.4, 0.5) is 26.1 Å². The minimum Gasteiger partial charge on any atom is -0.324 e. The topological polar surface area (TPSA) is 66.9 Å². The second-order valence-corrected chi connectivity index (χ2v) is 5.89. The Hall–Kier alpha value is -3.06. The highest BCUT2D eigenvalue weighted by molar-refractivity contribution is 6.30. The maximum Gasteiger partial charge on any atom is 0.258 e. The number of carbonyl (C=O) groups is 1. The van der Waals surface area contributed by atoms with Crippen molar-refractivity contribution in [2.45, 2.75) is 6.92 Å². The molecule has 0 fully saturated rings. The van der Waals surface area contributed by atoms with E-state index in [0.717, 1.165) is 23.4 Å². The highest BCUT2D eigenvalue weighted by atomic mass is 35.5. The lowest BCUT2D eigenvalue weighted by Crippen LogP contribution is -2.14. The first-order valence-corrected chi connectivity index (χ1v) is 7.92. The lowest BCUT2D eigenvalue weighted by atomic mass is 10.2. The van der Waals surface area contributed by atoms with Gasteiger partial charge in [-0.1, -0.05) is 11.6 Å². The number of halogens is 3. The van der Waals surface area contributed by atoms with Crippen LogP contribution in [0.15, 0.2) is 48.8 Å². The highest BCUT2D eigenvalue weighted by Gasteiger charge is 2.11. The van der Waals surface area contributed by atoms with Crippen LogP contribution < -0.4 is 10.6 Å². The van der Waals surface area contributed by atoms with Crippen LogP contribution in [0.3, 0.4) is 0 Å². The monoisotopic (exact) mass is 374 g/mol. The normalized spacial score (nSPS) is 10.5. The van der Waals surface area contributed by atoms with Gasteiger partial charge in [0.15, 0.2) is 0 Å². The standard InChI is InChI=1S/C18H13ClF2N4O/c1-10-6-12(19)2-4-15(10)25-18-22-8-11(9-23-18)17(26)24-16-5-3-13(20)7-14(16)21/h2-9H,1H3,(H,24,26)(H,22,23,25). The number of amides is 1. The van der Waals surface area contributed by atoms with Crippen molar-refractivity contribution in [1.29, 1.82) is 0 Å². The number of nitrogens with zero attached hydrogens (tertiary/aromatic N) is 2. The summed E-state index contributed by atoms with van der Waals surface area (Å²) in [5.74, 6) is -1.91. The number of carbonyl (C=O) groups excluding carboxylic acids is 1. The summed E-state index contributed by atoms with van der Waals surface area (Å²) in [6, 6.07) is 8.20. The van der Waals surface area contributed by atoms with Crippen LogP contribution in [0.1, 0.15) is 15.9 Å². The third kappa shape index (κ3) is 4.12. The van der Waals surface area contributed by atoms with Crippen LogP contribution >= 0.6 is 11.6 Å². The molecule has 3 aromatic rings. The Kier molecular flexibility index (Phi) is 5.09. The summed E-state index contributed by atoms with van der Waals surface area (Å²) in [6.45, 7) is 1.88. The van der Waals surface area contributed by atoms with Gasteiger partial charge in [0.2, 0.25) is 5.95 Å². The van der Waals surface area contributed by atoms with Crippen LogP contribution in [-0.4, -0.2) is 15.9 Å². The van der Waals surface area contributed by atoms with Crippen LogP contribution in [0, 0.1) is 18.6 Å². The predicted octanol–water partition coefficient (Wildman–Crippen LogP) is 4.71. The number of nitrogens with one attached hydrogen (secondary N) is 2. The lowest BCUT2D eigenvalue weighted by Gasteiger charge is -2.09. The average Bonchev–Trinajstić information content (AvgIpc) is 2.60. The first kappa shape index (κ1) is 17.8. The summed E-state index contributed by atoms with van der Waals surface area (Å²) in [5, 5.41) is 5.98. The van der Waals surface area contributed by atoms with Crippen molar-refractivity contribution in [2.24, 2.45) is 0 Å². The largest absolute Gasteiger partial charge is 0.324 e. The minimum atomic E-state index is -0.865. The molecule has 0 unspecified atom stereocenters. The third-order valence-corrected chi connectivity index (χ3v) is 3.76. The molecule has 0 radical (unpaired) electrons. The Labute approximate surface area is 153 Å². The van der Waals surface area contributed by atoms with E-state index in [1.807, 2.05) is 6.92 Å². The summed E-state index contributed by atoms with van der Waals surface area (Å²) in [4.78, 5) is 20.3. The van der Waals surface area contributed by atoms with Crippen LogP contribution in [0.5, 0.6) is 0 Å². The average molecular weight is 375 g/mol. The van der Waals surface area contributed by atoms with Gasteiger partial charge in [0.25, 0.3) is 5.91 Å². The van der Waals surface area contributed by atoms with Gasteiger partial charge in [-0.3, -0.25) is 4.79 Å². The number of hydrogen-bond acceptors (Lipinski definition) is 4. The highest BCUT2D eigenvalue weighted by Crippen LogP contribution is 2.22. The molecule has 132 valence electrons. The van der Waals surface area contributed by atoms with Crippen molar-refractivity contribution >= 4 is 34.8 Å². The Bertz CT molecular complexity index is 964. The quantitative estimate of drug-likeness (QED) is 0.694. The first-order chi connectivity index (χ1) is 12.4. The zero-order chi connectivity index (χ0) is 18.7. The summed E-state index contributed by atoms with van der Waals surface area (Å²) in [7, 11) is 0. The number of hydrogen-bond donors (Lipinski definition) is 2. The van der Waals surface area contributed by atoms with E-state index < -0.39 is 17.5 Å². The molecule has 2 aromatic carbocycles. The smallest absolute Gasteiger partial charge is 0.258 e. The molecule has 0 atom stereocenters. The van der Waals surface area contributed by atoms with E-state index in [4.69, 9.17) is 11.6 Å². The molecular weight excluding hydrogens is 362 g/mol. The predicted molar refractivity (Wildman–Crippen MR) is 95.8 cm³/mol. The fourth-order valence-corrected chi connectivity index (χ4v) is 2.41. The Morgan fingerprint density at radius 3 is 2.38 bits per heavy atom. The van der Waals surface area contributed by atoms with Crippen molar-refractivity contribution < 1.29 is 13.6 Å². The van der Waals surface area contributed by atoms with Gasteiger partial charge in [-0.05, 0) is 42.8 Å². The molecule has 0 aliphatic rings. The molecular formula is C18H13ClF2N4O. The lowest BCUT2D eigenvalue weighted by molar-refractivity contribution is 0.102. The van der Waals surface area contributed by atoms with E-state index in [0.29, 0.717) is 17.0 Å². The van der Waals surface area contributed by atoms with E-state index in [9.17, 15) is 13.6 Å². The van der Waals surface area contributed by atoms with Gasteiger partial charge in [-0.25, -0.2) is 18.7 Å². The van der Waals surface area contributed by atoms with Crippen LogP contribution in [-0.2, 0) is 0 Å². The maximum atomic E-state index is 13.6. The molecule has 1 amide bonds. The molecule has 3 rings (SSSR count). The fraction of sp³-hybridized carbons (Fsp3) is 0.0556. The minimum absolute atomic E-state index is 0.129. The molecule has 5 nitrogen and oxygen atoms in total. The number of aromatic nitrogens is 2. The molecule has 0 bridgehead atoms. The second-order valence-electron chi connectivity index (χ2n) is 5.46. The van der Waals surface area contributed by atoms with Gasteiger partial charge in [-0.15, -0.1) is 0 Å². The summed E-state index contributed by atoms with van der Waals surface area (Å²) < 4.78 is 26.5. The van der Waals surface area contributed by atoms with Gasteiger partial charge in [0.1, 0.15) is 11.6 Å². The van der Waals surface area contributed by atoms with E-state index in [1.165, 1.54) is 12.4 Å². The number of benzene rings is 2. The zero-order valence-electron chi connectivity index (χ0n) is 13.6. The molecule has 1 heterocycles. The molecule has 0 saturated carbocycles. The van der Waals surface area contributed by atoms with Gasteiger partial charge >= 0.3 is 0 Å². The SMILES string of the molecule is Cc1cc(Cl)ccc1Nc1ncc(C(=O)Nc2ccc(F)cc2F)cn1. The van der Waals surface area contributed by atoms with Crippen LogP contribution in [0.25, 0.3) is 0 Å². The summed E-state index contributed by atoms with van der Waals surface area (Å²) in [5.41, 5.74) is 1.69. The van der Waals surface area contributed by atoms with E-state index in [-0.39, 0.29) is 11.3 Å². The van der Waals surface area contributed by atoms with Crippen molar-refractivity contribution in [3.8, 4) is 0 Å². The number of aryl methyl sites for hydroxylation is 1. The third-order valence-electron chi connectivity index (χ3n) is 3.53. The molecule has 0 saturated heterocycles. The molecule has 8 heteroatoms. The van der Waals surface area contributed by atoms with E-state index in [1.54, 1.807) is 18.2 Å². The number of rotatable bonds is 4.